The van der Waals surface area contributed by atoms with E-state index in [0.717, 1.165) is 19.4 Å². The minimum absolute atomic E-state index is 0.00960. The van der Waals surface area contributed by atoms with Gasteiger partial charge in [0.15, 0.2) is 0 Å². The highest BCUT2D eigenvalue weighted by Gasteiger charge is 2.29. The van der Waals surface area contributed by atoms with Crippen LogP contribution in [0, 0.1) is 5.92 Å². The molecule has 1 aliphatic carbocycles. The van der Waals surface area contributed by atoms with E-state index in [1.807, 2.05) is 0 Å². The number of ether oxygens (including phenoxy) is 1. The molecule has 0 heterocycles. The van der Waals surface area contributed by atoms with E-state index in [4.69, 9.17) is 4.74 Å². The molecular weight excluding hydrogens is 310 g/mol. The number of phenolic OH excluding ortho intramolecular Hbond substituents is 1. The minimum atomic E-state index is -0.172. The Kier molecular flexibility index (Phi) is 4.34. The van der Waals surface area contributed by atoms with Gasteiger partial charge in [-0.1, -0.05) is 15.9 Å². The van der Waals surface area contributed by atoms with E-state index < -0.39 is 0 Å². The van der Waals surface area contributed by atoms with Crippen LogP contribution in [0.4, 0.5) is 0 Å². The van der Waals surface area contributed by atoms with E-state index in [0.29, 0.717) is 16.5 Å². The molecule has 0 aliphatic heterocycles. The van der Waals surface area contributed by atoms with Gasteiger partial charge in [0.05, 0.1) is 12.7 Å². The first-order valence-electron chi connectivity index (χ1n) is 6.27. The quantitative estimate of drug-likeness (QED) is 0.865. The van der Waals surface area contributed by atoms with Gasteiger partial charge >= 0.3 is 0 Å². The summed E-state index contributed by atoms with van der Waals surface area (Å²) in [6.07, 6.45) is 2.20. The van der Waals surface area contributed by atoms with Gasteiger partial charge in [0, 0.05) is 18.4 Å². The maximum atomic E-state index is 12.3. The summed E-state index contributed by atoms with van der Waals surface area (Å²) in [7, 11) is 3.30. The van der Waals surface area contributed by atoms with Crippen LogP contribution in [0.2, 0.25) is 0 Å². The molecule has 1 amide bonds. The molecule has 0 saturated heterocycles. The minimum Gasteiger partial charge on any atom is -0.507 e. The number of phenols is 1. The van der Waals surface area contributed by atoms with Crippen LogP contribution in [0.5, 0.6) is 11.5 Å². The lowest BCUT2D eigenvalue weighted by atomic mass is 9.85. The van der Waals surface area contributed by atoms with E-state index in [1.165, 1.54) is 13.2 Å². The van der Waals surface area contributed by atoms with Crippen LogP contribution in [0.25, 0.3) is 0 Å². The smallest absolute Gasteiger partial charge is 0.257 e. The Balaban J connectivity index is 2.05. The van der Waals surface area contributed by atoms with Crippen LogP contribution in [0.15, 0.2) is 18.2 Å². The van der Waals surface area contributed by atoms with E-state index in [-0.39, 0.29) is 17.2 Å². The number of amides is 1. The molecule has 2 rings (SSSR count). The summed E-state index contributed by atoms with van der Waals surface area (Å²) in [4.78, 5) is 14.5. The molecule has 1 saturated carbocycles. The van der Waals surface area contributed by atoms with Crippen LogP contribution in [0.1, 0.15) is 23.2 Å². The molecule has 1 aromatic rings. The third-order valence-corrected chi connectivity index (χ3v) is 4.24. The Labute approximate surface area is 121 Å². The van der Waals surface area contributed by atoms with Gasteiger partial charge in [0.1, 0.15) is 11.5 Å². The molecule has 104 valence electrons. The zero-order valence-electron chi connectivity index (χ0n) is 11.1. The maximum absolute atomic E-state index is 12.3. The summed E-state index contributed by atoms with van der Waals surface area (Å²) in [5, 5.41) is 9.79. The van der Waals surface area contributed by atoms with Crippen molar-refractivity contribution in [1.29, 1.82) is 0 Å². The second kappa shape index (κ2) is 5.82. The second-order valence-corrected chi connectivity index (χ2v) is 6.30. The van der Waals surface area contributed by atoms with Crippen molar-refractivity contribution < 1.29 is 14.6 Å². The first-order valence-corrected chi connectivity index (χ1v) is 7.19. The summed E-state index contributed by atoms with van der Waals surface area (Å²) in [6, 6.07) is 4.69. The number of nitrogens with zero attached hydrogens (tertiary/aromatic N) is 1. The average molecular weight is 328 g/mol. The van der Waals surface area contributed by atoms with Crippen molar-refractivity contribution in [3.05, 3.63) is 23.8 Å². The summed E-state index contributed by atoms with van der Waals surface area (Å²) in [5.41, 5.74) is 0.288. The van der Waals surface area contributed by atoms with Crippen LogP contribution in [-0.2, 0) is 0 Å². The van der Waals surface area contributed by atoms with Gasteiger partial charge in [-0.05, 0) is 37.0 Å². The van der Waals surface area contributed by atoms with Crippen molar-refractivity contribution in [3.8, 4) is 11.5 Å². The van der Waals surface area contributed by atoms with E-state index in [2.05, 4.69) is 15.9 Å². The second-order valence-electron chi connectivity index (χ2n) is 5.00. The summed E-state index contributed by atoms with van der Waals surface area (Å²) >= 11 is 3.54. The molecule has 1 N–H and O–H groups in total. The van der Waals surface area contributed by atoms with Crippen molar-refractivity contribution in [2.24, 2.45) is 5.92 Å². The molecular formula is C14H18BrNO3. The fourth-order valence-corrected chi connectivity index (χ4v) is 3.35. The third-order valence-electron chi connectivity index (χ3n) is 3.49. The number of halogens is 1. The van der Waals surface area contributed by atoms with Crippen molar-refractivity contribution >= 4 is 21.8 Å². The lowest BCUT2D eigenvalue weighted by Crippen LogP contribution is -2.37. The number of aromatic hydroxyl groups is 1. The highest BCUT2D eigenvalue weighted by Crippen LogP contribution is 2.34. The average Bonchev–Trinajstić information content (AvgIpc) is 2.36. The molecule has 4 nitrogen and oxygen atoms in total. The summed E-state index contributed by atoms with van der Waals surface area (Å²) in [6.45, 7) is 0.720. The molecule has 0 radical (unpaired) electrons. The topological polar surface area (TPSA) is 49.8 Å². The van der Waals surface area contributed by atoms with Gasteiger partial charge in [-0.25, -0.2) is 0 Å². The van der Waals surface area contributed by atoms with Crippen molar-refractivity contribution in [3.63, 3.8) is 0 Å². The van der Waals surface area contributed by atoms with Crippen LogP contribution in [0.3, 0.4) is 0 Å². The Hall–Kier alpha value is -1.23. The van der Waals surface area contributed by atoms with Gasteiger partial charge in [-0.15, -0.1) is 0 Å². The van der Waals surface area contributed by atoms with Crippen molar-refractivity contribution in [1.82, 2.24) is 4.90 Å². The lowest BCUT2D eigenvalue weighted by Gasteiger charge is -2.34. The van der Waals surface area contributed by atoms with Crippen LogP contribution in [-0.4, -0.2) is 41.4 Å². The van der Waals surface area contributed by atoms with Gasteiger partial charge in [0.2, 0.25) is 0 Å². The molecule has 0 bridgehead atoms. The van der Waals surface area contributed by atoms with Crippen molar-refractivity contribution in [2.45, 2.75) is 17.7 Å². The molecule has 0 aromatic heterocycles. The largest absolute Gasteiger partial charge is 0.507 e. The Morgan fingerprint density at radius 1 is 1.53 bits per heavy atom. The predicted octanol–water partition coefficient (Wildman–Crippen LogP) is 2.65. The zero-order chi connectivity index (χ0) is 14.0. The summed E-state index contributed by atoms with van der Waals surface area (Å²) < 4.78 is 5.08. The van der Waals surface area contributed by atoms with Crippen LogP contribution < -0.4 is 4.74 Å². The molecule has 0 spiro atoms. The number of carbonyl (C=O) groups excluding carboxylic acids is 1. The molecule has 1 aliphatic rings. The number of hydrogen-bond acceptors (Lipinski definition) is 3. The molecule has 0 unspecified atom stereocenters. The first-order chi connectivity index (χ1) is 9.01. The van der Waals surface area contributed by atoms with Gasteiger partial charge in [0.25, 0.3) is 5.91 Å². The fraction of sp³-hybridized carbons (Fsp3) is 0.500. The number of alkyl halides is 1. The Morgan fingerprint density at radius 3 is 2.79 bits per heavy atom. The van der Waals surface area contributed by atoms with E-state index >= 15 is 0 Å². The third kappa shape index (κ3) is 3.21. The van der Waals surface area contributed by atoms with E-state index in [1.54, 1.807) is 24.1 Å². The SMILES string of the molecule is COc1ccc(O)c(C(=O)N(C)CC2CC(Br)C2)c1. The first kappa shape index (κ1) is 14.2. The number of methoxy groups -OCH3 is 1. The van der Waals surface area contributed by atoms with Crippen LogP contribution >= 0.6 is 15.9 Å². The molecule has 5 heteroatoms. The van der Waals surface area contributed by atoms with Crippen molar-refractivity contribution in [2.75, 3.05) is 20.7 Å². The highest BCUT2D eigenvalue weighted by molar-refractivity contribution is 9.09. The molecule has 1 fully saturated rings. The standard InChI is InChI=1S/C14H18BrNO3/c1-16(8-9-5-10(15)6-9)14(18)12-7-11(19-2)3-4-13(12)17/h3-4,7,9-10,17H,5-6,8H2,1-2H3. The van der Waals surface area contributed by atoms with Gasteiger partial charge in [-0.3, -0.25) is 4.79 Å². The number of carbonyl (C=O) groups is 1. The number of hydrogen-bond donors (Lipinski definition) is 1. The fourth-order valence-electron chi connectivity index (χ4n) is 2.29. The number of rotatable bonds is 4. The number of benzene rings is 1. The van der Waals surface area contributed by atoms with Gasteiger partial charge in [-0.2, -0.15) is 0 Å². The molecule has 0 atom stereocenters. The molecule has 1 aromatic carbocycles. The Morgan fingerprint density at radius 2 is 2.21 bits per heavy atom. The Bertz CT molecular complexity index is 472. The van der Waals surface area contributed by atoms with E-state index in [9.17, 15) is 9.90 Å². The normalized spacial score (nSPS) is 21.6. The molecule has 19 heavy (non-hydrogen) atoms. The van der Waals surface area contributed by atoms with Gasteiger partial charge < -0.3 is 14.7 Å². The zero-order valence-corrected chi connectivity index (χ0v) is 12.7. The summed E-state index contributed by atoms with van der Waals surface area (Å²) in [5.74, 6) is 0.934. The monoisotopic (exact) mass is 327 g/mol. The highest BCUT2D eigenvalue weighted by atomic mass is 79.9. The predicted molar refractivity (Wildman–Crippen MR) is 77.1 cm³/mol. The maximum Gasteiger partial charge on any atom is 0.257 e. The lowest BCUT2D eigenvalue weighted by molar-refractivity contribution is 0.0745.